The molecule has 0 fully saturated rings. The molecule has 1 amide bonds. The number of para-hydroxylation sites is 1. The summed E-state index contributed by atoms with van der Waals surface area (Å²) < 4.78 is 1.32. The zero-order chi connectivity index (χ0) is 14.7. The quantitative estimate of drug-likeness (QED) is 0.514. The van der Waals surface area contributed by atoms with Crippen LogP contribution in [-0.4, -0.2) is 15.4 Å². The molecule has 0 atom stereocenters. The van der Waals surface area contributed by atoms with Gasteiger partial charge in [0.15, 0.2) is 6.19 Å². The summed E-state index contributed by atoms with van der Waals surface area (Å²) in [5.41, 5.74) is 7.71. The van der Waals surface area contributed by atoms with Gasteiger partial charge < -0.3 is 5.73 Å². The van der Waals surface area contributed by atoms with Crippen LogP contribution in [0.25, 0.3) is 11.3 Å². The van der Waals surface area contributed by atoms with Crippen molar-refractivity contribution < 1.29 is 9.72 Å². The molecule has 20 heavy (non-hydrogen) atoms. The van der Waals surface area contributed by atoms with Crippen LogP contribution in [0.4, 0.5) is 5.69 Å². The number of nitro groups is 1. The standard InChI is InChI=1S/C13H10N4O3/c14-8-16-6-2-5-11(16)10-4-1-3-9(13(10)15)7-12(18)17(19)20/h1-6H,7,15H2. The molecule has 0 spiro atoms. The maximum atomic E-state index is 11.2. The molecule has 7 heteroatoms. The molecule has 1 heterocycles. The third kappa shape index (κ3) is 2.35. The molecule has 0 aliphatic rings. The lowest BCUT2D eigenvalue weighted by Gasteiger charge is -2.09. The van der Waals surface area contributed by atoms with Crippen molar-refractivity contribution in [3.05, 3.63) is 52.2 Å². The first kappa shape index (κ1) is 13.3. The van der Waals surface area contributed by atoms with Crippen molar-refractivity contribution >= 4 is 11.6 Å². The van der Waals surface area contributed by atoms with E-state index in [1.54, 1.807) is 36.5 Å². The van der Waals surface area contributed by atoms with E-state index < -0.39 is 10.8 Å². The molecule has 7 nitrogen and oxygen atoms in total. The fourth-order valence-corrected chi connectivity index (χ4v) is 1.91. The van der Waals surface area contributed by atoms with Crippen LogP contribution in [0.15, 0.2) is 36.5 Å². The van der Waals surface area contributed by atoms with E-state index in [1.807, 2.05) is 6.19 Å². The molecule has 2 rings (SSSR count). The van der Waals surface area contributed by atoms with Gasteiger partial charge in [-0.2, -0.15) is 5.26 Å². The molecule has 1 aromatic heterocycles. The van der Waals surface area contributed by atoms with Gasteiger partial charge in [0.2, 0.25) is 0 Å². The van der Waals surface area contributed by atoms with E-state index >= 15 is 0 Å². The number of nitrogens with zero attached hydrogens (tertiary/aromatic N) is 3. The van der Waals surface area contributed by atoms with Crippen LogP contribution in [-0.2, 0) is 11.2 Å². The Bertz CT molecular complexity index is 727. The van der Waals surface area contributed by atoms with E-state index in [0.29, 0.717) is 16.8 Å². The van der Waals surface area contributed by atoms with Crippen molar-refractivity contribution in [2.45, 2.75) is 6.42 Å². The Labute approximate surface area is 114 Å². The van der Waals surface area contributed by atoms with Gasteiger partial charge in [0.1, 0.15) is 11.3 Å². The first-order valence-electron chi connectivity index (χ1n) is 5.67. The number of rotatable bonds is 3. The molecule has 0 unspecified atom stereocenters. The Balaban J connectivity index is 2.46. The molecule has 0 aliphatic carbocycles. The van der Waals surface area contributed by atoms with Gasteiger partial charge in [-0.3, -0.25) is 14.7 Å². The highest BCUT2D eigenvalue weighted by Gasteiger charge is 2.19. The monoisotopic (exact) mass is 270 g/mol. The zero-order valence-electron chi connectivity index (χ0n) is 10.3. The minimum Gasteiger partial charge on any atom is -0.398 e. The van der Waals surface area contributed by atoms with Crippen molar-refractivity contribution in [1.82, 2.24) is 4.57 Å². The van der Waals surface area contributed by atoms with E-state index in [4.69, 9.17) is 11.0 Å². The molecular weight excluding hydrogens is 260 g/mol. The first-order valence-corrected chi connectivity index (χ1v) is 5.67. The molecule has 1 aromatic carbocycles. The third-order valence-electron chi connectivity index (χ3n) is 2.87. The summed E-state index contributed by atoms with van der Waals surface area (Å²) in [6.45, 7) is 0. The van der Waals surface area contributed by atoms with E-state index in [1.165, 1.54) is 4.57 Å². The second-order valence-corrected chi connectivity index (χ2v) is 4.07. The fraction of sp³-hybridized carbons (Fsp3) is 0.0769. The summed E-state index contributed by atoms with van der Waals surface area (Å²) in [6.07, 6.45) is 3.16. The van der Waals surface area contributed by atoms with Crippen LogP contribution in [0, 0.1) is 21.6 Å². The van der Waals surface area contributed by atoms with Gasteiger partial charge in [0.25, 0.3) is 0 Å². The van der Waals surface area contributed by atoms with Gasteiger partial charge in [-0.25, -0.2) is 4.79 Å². The van der Waals surface area contributed by atoms with Crippen LogP contribution in [0.1, 0.15) is 5.56 Å². The number of benzene rings is 1. The number of hydrogen-bond donors (Lipinski definition) is 1. The maximum absolute atomic E-state index is 11.2. The number of anilines is 1. The number of carbonyl (C=O) groups excluding carboxylic acids is 1. The van der Waals surface area contributed by atoms with Crippen LogP contribution in [0.5, 0.6) is 0 Å². The molecule has 0 radical (unpaired) electrons. The lowest BCUT2D eigenvalue weighted by molar-refractivity contribution is -0.401. The predicted octanol–water partition coefficient (Wildman–Crippen LogP) is 1.41. The lowest BCUT2D eigenvalue weighted by Crippen LogP contribution is -2.15. The Morgan fingerprint density at radius 1 is 1.40 bits per heavy atom. The topological polar surface area (TPSA) is 115 Å². The summed E-state index contributed by atoms with van der Waals surface area (Å²) in [7, 11) is 0. The molecular formula is C13H10N4O3. The normalized spacial score (nSPS) is 9.95. The average molecular weight is 270 g/mol. The number of amides is 1. The van der Waals surface area contributed by atoms with Gasteiger partial charge in [-0.05, 0) is 17.7 Å². The van der Waals surface area contributed by atoms with Crippen molar-refractivity contribution in [3.63, 3.8) is 0 Å². The molecule has 0 saturated heterocycles. The minimum absolute atomic E-state index is 0.262. The van der Waals surface area contributed by atoms with Crippen LogP contribution < -0.4 is 5.73 Å². The van der Waals surface area contributed by atoms with Gasteiger partial charge in [0.05, 0.1) is 5.69 Å². The van der Waals surface area contributed by atoms with E-state index in [2.05, 4.69) is 0 Å². The SMILES string of the molecule is N#Cn1cccc1-c1cccc(CC(=O)[N+](=O)[O-])c1N. The summed E-state index contributed by atoms with van der Waals surface area (Å²) in [5.74, 6) is -1.12. The second kappa shape index (κ2) is 5.24. The van der Waals surface area contributed by atoms with Crippen molar-refractivity contribution in [1.29, 1.82) is 5.26 Å². The Morgan fingerprint density at radius 2 is 2.15 bits per heavy atom. The highest BCUT2D eigenvalue weighted by Crippen LogP contribution is 2.29. The second-order valence-electron chi connectivity index (χ2n) is 4.07. The molecule has 0 bridgehead atoms. The zero-order valence-corrected chi connectivity index (χ0v) is 10.3. The Kier molecular flexibility index (Phi) is 3.48. The smallest absolute Gasteiger partial charge is 0.398 e. The first-order chi connectivity index (χ1) is 9.54. The van der Waals surface area contributed by atoms with E-state index in [0.717, 1.165) is 0 Å². The summed E-state index contributed by atoms with van der Waals surface area (Å²) in [5, 5.41) is 19.4. The Hall–Kier alpha value is -3.14. The van der Waals surface area contributed by atoms with Crippen LogP contribution in [0.2, 0.25) is 0 Å². The fourth-order valence-electron chi connectivity index (χ4n) is 1.91. The summed E-state index contributed by atoms with van der Waals surface area (Å²) in [4.78, 5) is 20.6. The van der Waals surface area contributed by atoms with Crippen LogP contribution >= 0.6 is 0 Å². The number of aromatic nitrogens is 1. The molecule has 0 aliphatic heterocycles. The Morgan fingerprint density at radius 3 is 2.80 bits per heavy atom. The van der Waals surface area contributed by atoms with Gasteiger partial charge in [-0.15, -0.1) is 0 Å². The molecule has 0 saturated carbocycles. The average Bonchev–Trinajstić information content (AvgIpc) is 2.89. The number of hydrogen-bond acceptors (Lipinski definition) is 5. The molecule has 2 N–H and O–H groups in total. The lowest BCUT2D eigenvalue weighted by atomic mass is 10.0. The summed E-state index contributed by atoms with van der Waals surface area (Å²) in [6, 6.07) is 8.28. The van der Waals surface area contributed by atoms with Crippen molar-refractivity contribution in [2.24, 2.45) is 0 Å². The predicted molar refractivity (Wildman–Crippen MR) is 71.0 cm³/mol. The molecule has 100 valence electrons. The highest BCUT2D eigenvalue weighted by molar-refractivity contribution is 5.81. The van der Waals surface area contributed by atoms with E-state index in [9.17, 15) is 14.9 Å². The largest absolute Gasteiger partial charge is 0.449 e. The van der Waals surface area contributed by atoms with Gasteiger partial charge in [-0.1, -0.05) is 18.2 Å². The van der Waals surface area contributed by atoms with Gasteiger partial charge >= 0.3 is 5.91 Å². The van der Waals surface area contributed by atoms with Crippen molar-refractivity contribution in [3.8, 4) is 17.5 Å². The minimum atomic E-state index is -1.12. The van der Waals surface area contributed by atoms with Crippen LogP contribution in [0.3, 0.4) is 0 Å². The maximum Gasteiger partial charge on any atom is 0.449 e. The highest BCUT2D eigenvalue weighted by atomic mass is 16.6. The summed E-state index contributed by atoms with van der Waals surface area (Å²) >= 11 is 0. The number of carbonyl (C=O) groups is 1. The number of nitriles is 1. The molecule has 2 aromatic rings. The van der Waals surface area contributed by atoms with Gasteiger partial charge in [0, 0.05) is 17.4 Å². The number of nitrogens with two attached hydrogens (primary N) is 1. The number of nitrogen functional groups attached to an aromatic ring is 1. The third-order valence-corrected chi connectivity index (χ3v) is 2.87. The van der Waals surface area contributed by atoms with Crippen molar-refractivity contribution in [2.75, 3.05) is 5.73 Å². The van der Waals surface area contributed by atoms with E-state index in [-0.39, 0.29) is 12.1 Å².